The van der Waals surface area contributed by atoms with E-state index in [1.165, 1.54) is 6.92 Å². The van der Waals surface area contributed by atoms with Crippen molar-refractivity contribution in [2.75, 3.05) is 5.75 Å². The molecule has 0 saturated carbocycles. The molecule has 0 saturated heterocycles. The zero-order valence-electron chi connectivity index (χ0n) is 8.69. The van der Waals surface area contributed by atoms with Crippen LogP contribution in [0, 0.1) is 0 Å². The van der Waals surface area contributed by atoms with Crippen LogP contribution >= 0.6 is 11.8 Å². The summed E-state index contributed by atoms with van der Waals surface area (Å²) in [5, 5.41) is -0.150. The Morgan fingerprint density at radius 2 is 1.81 bits per heavy atom. The molecule has 0 bridgehead atoms. The van der Waals surface area contributed by atoms with Crippen LogP contribution in [0.2, 0.25) is 0 Å². The largest absolute Gasteiger partial charge is 0.392 e. The Bertz CT molecular complexity index is 218. The maximum atomic E-state index is 12.9. The van der Waals surface area contributed by atoms with Crippen LogP contribution in [0.15, 0.2) is 0 Å². The highest BCUT2D eigenvalue weighted by molar-refractivity contribution is 8.13. The molecule has 96 valence electrons. The lowest BCUT2D eigenvalue weighted by Gasteiger charge is -2.14. The molecule has 2 unspecified atom stereocenters. The summed E-state index contributed by atoms with van der Waals surface area (Å²) < 4.78 is 60.7. The van der Waals surface area contributed by atoms with E-state index >= 15 is 0 Å². The van der Waals surface area contributed by atoms with Gasteiger partial charge >= 0.3 is 6.18 Å². The minimum Gasteiger partial charge on any atom is -0.288 e. The van der Waals surface area contributed by atoms with Gasteiger partial charge in [-0.1, -0.05) is 11.8 Å². The van der Waals surface area contributed by atoms with Gasteiger partial charge in [0.2, 0.25) is 0 Å². The fourth-order valence-corrected chi connectivity index (χ4v) is 1.62. The van der Waals surface area contributed by atoms with Gasteiger partial charge in [0.15, 0.2) is 5.12 Å². The molecule has 0 radical (unpaired) electrons. The highest BCUT2D eigenvalue weighted by Gasteiger charge is 2.35. The second-order valence-electron chi connectivity index (χ2n) is 3.33. The predicted octanol–water partition coefficient (Wildman–Crippen LogP) is 3.67. The van der Waals surface area contributed by atoms with E-state index < -0.39 is 24.9 Å². The van der Waals surface area contributed by atoms with Crippen LogP contribution in [0.3, 0.4) is 0 Å². The van der Waals surface area contributed by atoms with Crippen LogP contribution in [0.4, 0.5) is 22.0 Å². The average Bonchev–Trinajstić information content (AvgIpc) is 2.08. The van der Waals surface area contributed by atoms with Gasteiger partial charge < -0.3 is 0 Å². The van der Waals surface area contributed by atoms with Crippen LogP contribution in [0.5, 0.6) is 0 Å². The van der Waals surface area contributed by atoms with Crippen molar-refractivity contribution in [1.82, 2.24) is 0 Å². The van der Waals surface area contributed by atoms with E-state index in [0.29, 0.717) is 5.75 Å². The average molecular weight is 264 g/mol. The third-order valence-electron chi connectivity index (χ3n) is 1.75. The Kier molecular flexibility index (Phi) is 6.94. The monoisotopic (exact) mass is 264 g/mol. The van der Waals surface area contributed by atoms with E-state index in [-0.39, 0.29) is 18.0 Å². The van der Waals surface area contributed by atoms with E-state index in [1.54, 1.807) is 0 Å². The number of alkyl halides is 5. The molecule has 0 aliphatic rings. The fourth-order valence-electron chi connectivity index (χ4n) is 1.02. The molecular weight excluding hydrogens is 251 g/mol. The van der Waals surface area contributed by atoms with Crippen LogP contribution in [-0.2, 0) is 4.79 Å². The van der Waals surface area contributed by atoms with Gasteiger partial charge in [-0.05, 0) is 12.8 Å². The van der Waals surface area contributed by atoms with Gasteiger partial charge in [-0.15, -0.1) is 0 Å². The van der Waals surface area contributed by atoms with Crippen molar-refractivity contribution in [2.24, 2.45) is 0 Å². The molecule has 0 rings (SSSR count). The van der Waals surface area contributed by atoms with Crippen molar-refractivity contribution in [2.45, 2.75) is 44.7 Å². The number of carbonyl (C=O) groups is 1. The van der Waals surface area contributed by atoms with Crippen molar-refractivity contribution in [1.29, 1.82) is 0 Å². The number of carbonyl (C=O) groups excluding carboxylic acids is 1. The number of rotatable bonds is 6. The van der Waals surface area contributed by atoms with Gasteiger partial charge in [-0.3, -0.25) is 4.79 Å². The SMILES string of the molecule is CC(=O)SCCCC(F)C(F)CC(F)(F)F. The molecule has 0 aromatic rings. The molecule has 0 amide bonds. The maximum absolute atomic E-state index is 12.9. The standard InChI is InChI=1S/C9H13F5OS/c1-6(15)16-4-2-3-7(10)8(11)5-9(12,13)14/h7-8H,2-5H2,1H3. The third-order valence-corrected chi connectivity index (χ3v) is 2.65. The Morgan fingerprint density at radius 1 is 1.25 bits per heavy atom. The minimum absolute atomic E-state index is 0.150. The summed E-state index contributed by atoms with van der Waals surface area (Å²) in [4.78, 5) is 10.5. The fraction of sp³-hybridized carbons (Fsp3) is 0.889. The minimum atomic E-state index is -4.68. The first-order chi connectivity index (χ1) is 7.22. The zero-order valence-corrected chi connectivity index (χ0v) is 9.51. The lowest BCUT2D eigenvalue weighted by Crippen LogP contribution is -2.24. The summed E-state index contributed by atoms with van der Waals surface area (Å²) in [6.45, 7) is 1.33. The molecule has 16 heavy (non-hydrogen) atoms. The first-order valence-electron chi connectivity index (χ1n) is 4.70. The molecule has 0 fully saturated rings. The summed E-state index contributed by atoms with van der Waals surface area (Å²) in [6.07, 6.45) is -11.2. The maximum Gasteiger partial charge on any atom is 0.392 e. The Balaban J connectivity index is 3.71. The van der Waals surface area contributed by atoms with E-state index in [2.05, 4.69) is 0 Å². The Hall–Kier alpha value is -0.330. The quantitative estimate of drug-likeness (QED) is 0.538. The molecular formula is C9H13F5OS. The lowest BCUT2D eigenvalue weighted by molar-refractivity contribution is -0.151. The summed E-state index contributed by atoms with van der Waals surface area (Å²) in [5.41, 5.74) is 0. The number of hydrogen-bond acceptors (Lipinski definition) is 2. The molecule has 0 aromatic heterocycles. The highest BCUT2D eigenvalue weighted by atomic mass is 32.2. The predicted molar refractivity (Wildman–Crippen MR) is 52.8 cm³/mol. The van der Waals surface area contributed by atoms with Crippen molar-refractivity contribution in [3.05, 3.63) is 0 Å². The van der Waals surface area contributed by atoms with Gasteiger partial charge in [0.1, 0.15) is 12.3 Å². The zero-order chi connectivity index (χ0) is 12.8. The van der Waals surface area contributed by atoms with Gasteiger partial charge in [0.25, 0.3) is 0 Å². The third kappa shape index (κ3) is 8.94. The number of halogens is 5. The van der Waals surface area contributed by atoms with Gasteiger partial charge in [0, 0.05) is 12.7 Å². The molecule has 0 aromatic carbocycles. The number of thioether (sulfide) groups is 1. The van der Waals surface area contributed by atoms with E-state index in [9.17, 15) is 26.7 Å². The molecule has 1 nitrogen and oxygen atoms in total. The van der Waals surface area contributed by atoms with Gasteiger partial charge in [0.05, 0.1) is 6.42 Å². The van der Waals surface area contributed by atoms with Crippen molar-refractivity contribution in [3.63, 3.8) is 0 Å². The summed E-state index contributed by atoms with van der Waals surface area (Å²) in [6, 6.07) is 0. The first-order valence-corrected chi connectivity index (χ1v) is 5.69. The van der Waals surface area contributed by atoms with Crippen LogP contribution in [0.1, 0.15) is 26.2 Å². The Labute approximate surface area is 94.8 Å². The summed E-state index contributed by atoms with van der Waals surface area (Å²) >= 11 is 0.948. The second kappa shape index (κ2) is 7.09. The molecule has 0 N–H and O–H groups in total. The summed E-state index contributed by atoms with van der Waals surface area (Å²) in [7, 11) is 0. The van der Waals surface area contributed by atoms with E-state index in [1.807, 2.05) is 0 Å². The second-order valence-corrected chi connectivity index (χ2v) is 4.61. The summed E-state index contributed by atoms with van der Waals surface area (Å²) in [5.74, 6) is 0.300. The smallest absolute Gasteiger partial charge is 0.288 e. The molecule has 0 aliphatic heterocycles. The van der Waals surface area contributed by atoms with Crippen LogP contribution in [0.25, 0.3) is 0 Å². The van der Waals surface area contributed by atoms with Crippen molar-refractivity contribution < 1.29 is 26.7 Å². The molecule has 0 spiro atoms. The van der Waals surface area contributed by atoms with E-state index in [0.717, 1.165) is 11.8 Å². The van der Waals surface area contributed by atoms with Crippen LogP contribution < -0.4 is 0 Å². The Morgan fingerprint density at radius 3 is 2.25 bits per heavy atom. The van der Waals surface area contributed by atoms with E-state index in [4.69, 9.17) is 0 Å². The first kappa shape index (κ1) is 15.7. The molecule has 2 atom stereocenters. The van der Waals surface area contributed by atoms with Gasteiger partial charge in [-0.2, -0.15) is 13.2 Å². The topological polar surface area (TPSA) is 17.1 Å². The van der Waals surface area contributed by atoms with Crippen molar-refractivity contribution >= 4 is 16.9 Å². The molecule has 7 heteroatoms. The highest BCUT2D eigenvalue weighted by Crippen LogP contribution is 2.27. The lowest BCUT2D eigenvalue weighted by atomic mass is 10.1. The van der Waals surface area contributed by atoms with Crippen LogP contribution in [-0.4, -0.2) is 29.4 Å². The molecule has 0 aliphatic carbocycles. The number of hydrogen-bond donors (Lipinski definition) is 0. The normalized spacial score (nSPS) is 15.9. The van der Waals surface area contributed by atoms with Crippen molar-refractivity contribution in [3.8, 4) is 0 Å². The van der Waals surface area contributed by atoms with Gasteiger partial charge in [-0.25, -0.2) is 8.78 Å². The molecule has 0 heterocycles.